The molecule has 34 heavy (non-hydrogen) atoms. The van der Waals surface area contributed by atoms with Crippen molar-refractivity contribution in [2.75, 3.05) is 4.90 Å². The average molecular weight is 540 g/mol. The van der Waals surface area contributed by atoms with Gasteiger partial charge in [-0.05, 0) is 82.9 Å². The van der Waals surface area contributed by atoms with Gasteiger partial charge in [-0.25, -0.2) is 9.69 Å². The molecule has 8 heteroatoms. The molecule has 0 atom stereocenters. The third kappa shape index (κ3) is 5.05. The number of imide groups is 2. The van der Waals surface area contributed by atoms with Gasteiger partial charge in [-0.1, -0.05) is 47.5 Å². The van der Waals surface area contributed by atoms with Gasteiger partial charge in [0.1, 0.15) is 17.9 Å². The fourth-order valence-electron chi connectivity index (χ4n) is 3.61. The van der Waals surface area contributed by atoms with Gasteiger partial charge in [0, 0.05) is 5.02 Å². The molecule has 1 aliphatic rings. The van der Waals surface area contributed by atoms with E-state index in [1.807, 2.05) is 44.2 Å². The molecule has 4 rings (SSSR count). The van der Waals surface area contributed by atoms with Crippen molar-refractivity contribution in [3.63, 3.8) is 0 Å². The maximum absolute atomic E-state index is 13.2. The highest BCUT2D eigenvalue weighted by molar-refractivity contribution is 9.10. The summed E-state index contributed by atoms with van der Waals surface area (Å²) in [6.45, 7) is 4.05. The summed E-state index contributed by atoms with van der Waals surface area (Å²) in [5, 5.41) is 2.88. The van der Waals surface area contributed by atoms with Crippen LogP contribution in [0.5, 0.6) is 5.75 Å². The Bertz CT molecular complexity index is 1350. The Balaban J connectivity index is 1.58. The lowest BCUT2D eigenvalue weighted by Gasteiger charge is -2.27. The number of rotatable bonds is 5. The fraction of sp³-hybridized carbons (Fsp3) is 0.115. The molecule has 0 radical (unpaired) electrons. The van der Waals surface area contributed by atoms with Crippen LogP contribution in [-0.4, -0.2) is 17.8 Å². The lowest BCUT2D eigenvalue weighted by molar-refractivity contribution is -0.122. The van der Waals surface area contributed by atoms with Gasteiger partial charge in [-0.15, -0.1) is 0 Å². The number of nitrogens with one attached hydrogen (secondary N) is 1. The van der Waals surface area contributed by atoms with Gasteiger partial charge >= 0.3 is 6.03 Å². The zero-order valence-electron chi connectivity index (χ0n) is 18.4. The number of hydrogen-bond acceptors (Lipinski definition) is 4. The second kappa shape index (κ2) is 9.83. The van der Waals surface area contributed by atoms with E-state index in [9.17, 15) is 14.4 Å². The largest absolute Gasteiger partial charge is 0.488 e. The quantitative estimate of drug-likeness (QED) is 0.320. The molecule has 0 spiro atoms. The van der Waals surface area contributed by atoms with Crippen LogP contribution in [-0.2, 0) is 16.2 Å². The van der Waals surface area contributed by atoms with E-state index in [-0.39, 0.29) is 5.57 Å². The van der Waals surface area contributed by atoms with Gasteiger partial charge in [-0.3, -0.25) is 14.9 Å². The van der Waals surface area contributed by atoms with Gasteiger partial charge < -0.3 is 4.74 Å². The van der Waals surface area contributed by atoms with E-state index in [2.05, 4.69) is 21.2 Å². The molecule has 3 aromatic carbocycles. The van der Waals surface area contributed by atoms with E-state index >= 15 is 0 Å². The Labute approximate surface area is 210 Å². The second-order valence-electron chi connectivity index (χ2n) is 7.86. The van der Waals surface area contributed by atoms with Crippen molar-refractivity contribution in [3.05, 3.63) is 98.0 Å². The minimum atomic E-state index is -0.773. The van der Waals surface area contributed by atoms with Crippen LogP contribution in [0, 0.1) is 13.8 Å². The molecule has 1 aliphatic heterocycles. The topological polar surface area (TPSA) is 75.7 Å². The molecule has 3 aromatic rings. The molecule has 0 saturated carbocycles. The number of hydrogen-bond donors (Lipinski definition) is 1. The van der Waals surface area contributed by atoms with Crippen LogP contribution < -0.4 is 15.0 Å². The van der Waals surface area contributed by atoms with Crippen LogP contribution in [0.1, 0.15) is 22.3 Å². The molecular weight excluding hydrogens is 520 g/mol. The number of carbonyl (C=O) groups excluding carboxylic acids is 3. The number of amides is 4. The summed E-state index contributed by atoms with van der Waals surface area (Å²) in [4.78, 5) is 39.1. The van der Waals surface area contributed by atoms with Crippen LogP contribution in [0.15, 0.2) is 70.7 Å². The summed E-state index contributed by atoms with van der Waals surface area (Å²) >= 11 is 9.49. The summed E-state index contributed by atoms with van der Waals surface area (Å²) in [5.74, 6) is -0.833. The SMILES string of the molecule is Cc1ccc(N2C(=O)NC(=O)/C(=C\c3ccc(OCc4cccc(Cl)c4)c(Br)c3)C2=O)c(C)c1. The first-order valence-corrected chi connectivity index (χ1v) is 11.6. The Hall–Kier alpha value is -3.42. The molecule has 1 heterocycles. The van der Waals surface area contributed by atoms with E-state index in [0.29, 0.717) is 33.1 Å². The van der Waals surface area contributed by atoms with Crippen LogP contribution in [0.2, 0.25) is 5.02 Å². The number of anilines is 1. The number of urea groups is 1. The summed E-state index contributed by atoms with van der Waals surface area (Å²) in [6, 6.07) is 17.2. The second-order valence-corrected chi connectivity index (χ2v) is 9.15. The summed E-state index contributed by atoms with van der Waals surface area (Å²) in [6.07, 6.45) is 1.45. The first-order chi connectivity index (χ1) is 16.2. The van der Waals surface area contributed by atoms with E-state index in [0.717, 1.165) is 21.6 Å². The third-order valence-corrected chi connectivity index (χ3v) is 6.10. The van der Waals surface area contributed by atoms with E-state index < -0.39 is 17.8 Å². The number of benzene rings is 3. The molecule has 172 valence electrons. The number of ether oxygens (including phenoxy) is 1. The van der Waals surface area contributed by atoms with Crippen LogP contribution >= 0.6 is 27.5 Å². The highest BCUT2D eigenvalue weighted by Gasteiger charge is 2.37. The van der Waals surface area contributed by atoms with Crippen molar-refractivity contribution in [1.82, 2.24) is 5.32 Å². The lowest BCUT2D eigenvalue weighted by Crippen LogP contribution is -2.54. The molecule has 4 amide bonds. The van der Waals surface area contributed by atoms with Crippen molar-refractivity contribution < 1.29 is 19.1 Å². The molecular formula is C26H20BrClN2O4. The Morgan fingerprint density at radius 1 is 1.03 bits per heavy atom. The van der Waals surface area contributed by atoms with Crippen molar-refractivity contribution >= 4 is 57.1 Å². The maximum atomic E-state index is 13.2. The van der Waals surface area contributed by atoms with Crippen molar-refractivity contribution in [3.8, 4) is 5.75 Å². The Morgan fingerprint density at radius 2 is 1.82 bits per heavy atom. The molecule has 0 bridgehead atoms. The smallest absolute Gasteiger partial charge is 0.335 e. The molecule has 0 unspecified atom stereocenters. The summed E-state index contributed by atoms with van der Waals surface area (Å²) in [7, 11) is 0. The van der Waals surface area contributed by atoms with Gasteiger partial charge in [0.15, 0.2) is 0 Å². The fourth-order valence-corrected chi connectivity index (χ4v) is 4.33. The standard InChI is InChI=1S/C26H20BrClN2O4/c1-15-6-8-22(16(2)10-15)30-25(32)20(24(31)29-26(30)33)12-17-7-9-23(21(27)13-17)34-14-18-4-3-5-19(28)11-18/h3-13H,14H2,1-2H3,(H,29,31,33)/b20-12+. The first kappa shape index (κ1) is 23.7. The number of barbiturate groups is 1. The van der Waals surface area contributed by atoms with Crippen molar-refractivity contribution in [2.24, 2.45) is 0 Å². The third-order valence-electron chi connectivity index (χ3n) is 5.25. The molecule has 1 fully saturated rings. The molecule has 1 saturated heterocycles. The molecule has 6 nitrogen and oxygen atoms in total. The number of halogens is 2. The number of nitrogens with zero attached hydrogens (tertiary/aromatic N) is 1. The highest BCUT2D eigenvalue weighted by Crippen LogP contribution is 2.30. The van der Waals surface area contributed by atoms with E-state index in [1.165, 1.54) is 6.08 Å². The van der Waals surface area contributed by atoms with E-state index in [4.69, 9.17) is 16.3 Å². The van der Waals surface area contributed by atoms with Crippen LogP contribution in [0.4, 0.5) is 10.5 Å². The molecule has 0 aliphatic carbocycles. The minimum absolute atomic E-state index is 0.140. The average Bonchev–Trinajstić information content (AvgIpc) is 2.77. The monoisotopic (exact) mass is 538 g/mol. The lowest BCUT2D eigenvalue weighted by atomic mass is 10.0. The van der Waals surface area contributed by atoms with E-state index in [1.54, 1.807) is 30.3 Å². The van der Waals surface area contributed by atoms with Crippen LogP contribution in [0.25, 0.3) is 6.08 Å². The predicted octanol–water partition coefficient (Wildman–Crippen LogP) is 5.96. The Morgan fingerprint density at radius 3 is 2.53 bits per heavy atom. The van der Waals surface area contributed by atoms with Gasteiger partial charge in [-0.2, -0.15) is 0 Å². The minimum Gasteiger partial charge on any atom is -0.488 e. The number of aryl methyl sites for hydroxylation is 2. The molecule has 0 aromatic heterocycles. The predicted molar refractivity (Wildman–Crippen MR) is 135 cm³/mol. The molecule has 1 N–H and O–H groups in total. The summed E-state index contributed by atoms with van der Waals surface area (Å²) < 4.78 is 6.50. The first-order valence-electron chi connectivity index (χ1n) is 10.4. The van der Waals surface area contributed by atoms with Crippen molar-refractivity contribution in [1.29, 1.82) is 0 Å². The van der Waals surface area contributed by atoms with Gasteiger partial charge in [0.2, 0.25) is 0 Å². The highest BCUT2D eigenvalue weighted by atomic mass is 79.9. The summed E-state index contributed by atoms with van der Waals surface area (Å²) in [5.41, 5.74) is 3.56. The zero-order valence-corrected chi connectivity index (χ0v) is 20.7. The Kier molecular flexibility index (Phi) is 6.86. The zero-order chi connectivity index (χ0) is 24.4. The number of carbonyl (C=O) groups is 3. The van der Waals surface area contributed by atoms with Gasteiger partial charge in [0.25, 0.3) is 11.8 Å². The normalized spacial score (nSPS) is 15.0. The van der Waals surface area contributed by atoms with Crippen molar-refractivity contribution in [2.45, 2.75) is 20.5 Å². The van der Waals surface area contributed by atoms with Crippen LogP contribution in [0.3, 0.4) is 0 Å². The van der Waals surface area contributed by atoms with Gasteiger partial charge in [0.05, 0.1) is 10.2 Å². The maximum Gasteiger partial charge on any atom is 0.335 e.